The summed E-state index contributed by atoms with van der Waals surface area (Å²) >= 11 is 1.16. The molecular formula is C19H16F2N4O3S. The fourth-order valence-corrected chi connectivity index (χ4v) is 3.64. The summed E-state index contributed by atoms with van der Waals surface area (Å²) in [5, 5.41) is 11.3. The molecule has 2 aromatic carbocycles. The van der Waals surface area contributed by atoms with Crippen molar-refractivity contribution in [3.63, 3.8) is 0 Å². The van der Waals surface area contributed by atoms with Gasteiger partial charge in [-0.1, -0.05) is 11.8 Å². The normalized spacial score (nSPS) is 12.2. The minimum Gasteiger partial charge on any atom is -0.454 e. The van der Waals surface area contributed by atoms with E-state index in [0.29, 0.717) is 29.0 Å². The van der Waals surface area contributed by atoms with Crippen LogP contribution >= 0.6 is 11.8 Å². The molecule has 10 heteroatoms. The number of benzene rings is 2. The molecule has 0 bridgehead atoms. The fourth-order valence-electron chi connectivity index (χ4n) is 2.84. The van der Waals surface area contributed by atoms with Gasteiger partial charge < -0.3 is 19.4 Å². The third kappa shape index (κ3) is 4.02. The highest BCUT2D eigenvalue weighted by Gasteiger charge is 2.19. The number of hydrogen-bond donors (Lipinski definition) is 1. The lowest BCUT2D eigenvalue weighted by Gasteiger charge is -2.09. The Morgan fingerprint density at radius 1 is 1.17 bits per heavy atom. The average Bonchev–Trinajstić information content (AvgIpc) is 3.34. The fraction of sp³-hybridized carbons (Fsp3) is 0.211. The molecule has 0 fully saturated rings. The van der Waals surface area contributed by atoms with E-state index in [1.165, 1.54) is 0 Å². The molecule has 150 valence electrons. The lowest BCUT2D eigenvalue weighted by atomic mass is 10.2. The van der Waals surface area contributed by atoms with Gasteiger partial charge in [0.25, 0.3) is 0 Å². The topological polar surface area (TPSA) is 78.3 Å². The summed E-state index contributed by atoms with van der Waals surface area (Å²) in [7, 11) is 0. The number of fused-ring (bicyclic) bond motifs is 1. The van der Waals surface area contributed by atoms with Gasteiger partial charge in [-0.15, -0.1) is 10.2 Å². The SMILES string of the molecule is CCn1c(SCC(=O)Nc2cc(F)ccc2F)nnc1-c1ccc2c(c1)OCO2. The van der Waals surface area contributed by atoms with Crippen LogP contribution in [-0.2, 0) is 11.3 Å². The van der Waals surface area contributed by atoms with Crippen molar-refractivity contribution in [3.05, 3.63) is 48.0 Å². The molecule has 4 rings (SSSR count). The number of amides is 1. The number of halogens is 2. The molecule has 0 saturated carbocycles. The van der Waals surface area contributed by atoms with Gasteiger partial charge in [-0.3, -0.25) is 4.79 Å². The number of nitrogens with one attached hydrogen (secondary N) is 1. The second-order valence-electron chi connectivity index (χ2n) is 6.08. The number of carbonyl (C=O) groups excluding carboxylic acids is 1. The van der Waals surface area contributed by atoms with Crippen LogP contribution in [0.25, 0.3) is 11.4 Å². The summed E-state index contributed by atoms with van der Waals surface area (Å²) in [5.74, 6) is 0.0978. The van der Waals surface area contributed by atoms with Crippen molar-refractivity contribution < 1.29 is 23.0 Å². The maximum absolute atomic E-state index is 13.7. The zero-order valence-electron chi connectivity index (χ0n) is 15.3. The van der Waals surface area contributed by atoms with Gasteiger partial charge in [0, 0.05) is 18.2 Å². The summed E-state index contributed by atoms with van der Waals surface area (Å²) < 4.78 is 39.5. The van der Waals surface area contributed by atoms with Crippen molar-refractivity contribution in [1.29, 1.82) is 0 Å². The average molecular weight is 418 g/mol. The Morgan fingerprint density at radius 3 is 2.83 bits per heavy atom. The van der Waals surface area contributed by atoms with Crippen molar-refractivity contribution in [1.82, 2.24) is 14.8 Å². The molecule has 0 unspecified atom stereocenters. The third-order valence-corrected chi connectivity index (χ3v) is 5.17. The smallest absolute Gasteiger partial charge is 0.234 e. The van der Waals surface area contributed by atoms with Gasteiger partial charge in [0.2, 0.25) is 12.7 Å². The van der Waals surface area contributed by atoms with E-state index < -0.39 is 17.5 Å². The molecule has 29 heavy (non-hydrogen) atoms. The van der Waals surface area contributed by atoms with Crippen LogP contribution in [0.4, 0.5) is 14.5 Å². The first kappa shape index (κ1) is 19.2. The number of ether oxygens (including phenoxy) is 2. The first-order chi connectivity index (χ1) is 14.0. The van der Waals surface area contributed by atoms with Gasteiger partial charge in [0.15, 0.2) is 22.5 Å². The van der Waals surface area contributed by atoms with Gasteiger partial charge >= 0.3 is 0 Å². The highest BCUT2D eigenvalue weighted by Crippen LogP contribution is 2.36. The Labute approximate surface area is 169 Å². The Morgan fingerprint density at radius 2 is 2.00 bits per heavy atom. The molecule has 0 spiro atoms. The zero-order chi connectivity index (χ0) is 20.4. The van der Waals surface area contributed by atoms with E-state index >= 15 is 0 Å². The van der Waals surface area contributed by atoms with E-state index in [0.717, 1.165) is 35.5 Å². The molecule has 0 radical (unpaired) electrons. The molecule has 0 atom stereocenters. The molecule has 1 N–H and O–H groups in total. The van der Waals surface area contributed by atoms with Crippen LogP contribution in [0.1, 0.15) is 6.92 Å². The van der Waals surface area contributed by atoms with E-state index in [1.54, 1.807) is 6.07 Å². The van der Waals surface area contributed by atoms with Crippen molar-refractivity contribution in [2.75, 3.05) is 17.9 Å². The number of carbonyl (C=O) groups is 1. The zero-order valence-corrected chi connectivity index (χ0v) is 16.1. The lowest BCUT2D eigenvalue weighted by molar-refractivity contribution is -0.113. The number of thioether (sulfide) groups is 1. The first-order valence-electron chi connectivity index (χ1n) is 8.76. The quantitative estimate of drug-likeness (QED) is 0.615. The largest absolute Gasteiger partial charge is 0.454 e. The standard InChI is InChI=1S/C19H16F2N4O3S/c1-2-25-18(11-3-6-15-16(7-11)28-10-27-15)23-24-19(25)29-9-17(26)22-14-8-12(20)4-5-13(14)21/h3-8H,2,9-10H2,1H3,(H,22,26). The molecule has 1 amide bonds. The van der Waals surface area contributed by atoms with Crippen LogP contribution in [0.2, 0.25) is 0 Å². The highest BCUT2D eigenvalue weighted by atomic mass is 32.2. The van der Waals surface area contributed by atoms with E-state index in [9.17, 15) is 13.6 Å². The molecule has 3 aromatic rings. The minimum absolute atomic E-state index is 0.0325. The molecule has 1 aliphatic heterocycles. The predicted molar refractivity (Wildman–Crippen MR) is 103 cm³/mol. The number of anilines is 1. The second kappa shape index (κ2) is 8.08. The number of hydrogen-bond acceptors (Lipinski definition) is 6. The number of aromatic nitrogens is 3. The Hall–Kier alpha value is -3.14. The summed E-state index contributed by atoms with van der Waals surface area (Å²) in [4.78, 5) is 12.1. The predicted octanol–water partition coefficient (Wildman–Crippen LogP) is 3.70. The molecule has 7 nitrogen and oxygen atoms in total. The number of nitrogens with zero attached hydrogens (tertiary/aromatic N) is 3. The van der Waals surface area contributed by atoms with Crippen LogP contribution < -0.4 is 14.8 Å². The summed E-state index contributed by atoms with van der Waals surface area (Å²) in [6.45, 7) is 2.70. The van der Waals surface area contributed by atoms with Gasteiger partial charge in [-0.25, -0.2) is 8.78 Å². The van der Waals surface area contributed by atoms with Gasteiger partial charge in [-0.05, 0) is 37.3 Å². The molecule has 0 saturated heterocycles. The highest BCUT2D eigenvalue weighted by molar-refractivity contribution is 7.99. The lowest BCUT2D eigenvalue weighted by Crippen LogP contribution is -2.15. The minimum atomic E-state index is -0.702. The molecule has 1 aromatic heterocycles. The van der Waals surface area contributed by atoms with Crippen molar-refractivity contribution in [2.24, 2.45) is 0 Å². The molecular weight excluding hydrogens is 402 g/mol. The maximum Gasteiger partial charge on any atom is 0.234 e. The van der Waals surface area contributed by atoms with Gasteiger partial charge in [0.05, 0.1) is 11.4 Å². The summed E-state index contributed by atoms with van der Waals surface area (Å²) in [6.07, 6.45) is 0. The Kier molecular flexibility index (Phi) is 5.34. The van der Waals surface area contributed by atoms with E-state index in [1.807, 2.05) is 23.6 Å². The van der Waals surface area contributed by atoms with Crippen LogP contribution in [0.15, 0.2) is 41.6 Å². The van der Waals surface area contributed by atoms with Gasteiger partial charge in [-0.2, -0.15) is 0 Å². The molecule has 1 aliphatic rings. The number of rotatable bonds is 6. The van der Waals surface area contributed by atoms with Crippen molar-refractivity contribution >= 4 is 23.4 Å². The molecule has 2 heterocycles. The van der Waals surface area contributed by atoms with Crippen LogP contribution in [-0.4, -0.2) is 33.2 Å². The van der Waals surface area contributed by atoms with E-state index in [4.69, 9.17) is 9.47 Å². The monoisotopic (exact) mass is 418 g/mol. The van der Waals surface area contributed by atoms with Crippen LogP contribution in [0.3, 0.4) is 0 Å². The van der Waals surface area contributed by atoms with E-state index in [-0.39, 0.29) is 18.2 Å². The van der Waals surface area contributed by atoms with Crippen molar-refractivity contribution in [2.45, 2.75) is 18.6 Å². The summed E-state index contributed by atoms with van der Waals surface area (Å²) in [6, 6.07) is 8.37. The molecule has 0 aliphatic carbocycles. The van der Waals surface area contributed by atoms with Gasteiger partial charge in [0.1, 0.15) is 11.6 Å². The second-order valence-corrected chi connectivity index (χ2v) is 7.02. The first-order valence-corrected chi connectivity index (χ1v) is 9.74. The van der Waals surface area contributed by atoms with Crippen LogP contribution in [0, 0.1) is 11.6 Å². The van der Waals surface area contributed by atoms with Crippen LogP contribution in [0.5, 0.6) is 11.5 Å². The maximum atomic E-state index is 13.7. The Bertz CT molecular complexity index is 1070. The van der Waals surface area contributed by atoms with Crippen molar-refractivity contribution in [3.8, 4) is 22.9 Å². The Balaban J connectivity index is 1.47. The summed E-state index contributed by atoms with van der Waals surface area (Å²) in [5.41, 5.74) is 0.607. The van der Waals surface area contributed by atoms with E-state index in [2.05, 4.69) is 15.5 Å². The third-order valence-electron chi connectivity index (χ3n) is 4.20.